The summed E-state index contributed by atoms with van der Waals surface area (Å²) < 4.78 is 2.18. The fourth-order valence-corrected chi connectivity index (χ4v) is 10.6. The number of benzene rings is 5. The molecule has 0 spiro atoms. The van der Waals surface area contributed by atoms with Crippen molar-refractivity contribution in [3.05, 3.63) is 177 Å². The van der Waals surface area contributed by atoms with Crippen LogP contribution >= 0.6 is 0 Å². The quantitative estimate of drug-likeness (QED) is 0.205. The van der Waals surface area contributed by atoms with Gasteiger partial charge in [-0.15, -0.1) is 0 Å². The number of hydrogen-bond acceptors (Lipinski definition) is 0. The molecule has 37 heavy (non-hydrogen) atoms. The van der Waals surface area contributed by atoms with Crippen LogP contribution in [0.1, 0.15) is 37.4 Å². The average molecular weight is 550 g/mol. The molecule has 0 radical (unpaired) electrons. The van der Waals surface area contributed by atoms with Crippen LogP contribution in [-0.4, -0.2) is 0 Å². The summed E-state index contributed by atoms with van der Waals surface area (Å²) in [6.45, 7) is 0. The molecule has 0 aromatic heterocycles. The second kappa shape index (κ2) is 9.73. The second-order valence-electron chi connectivity index (χ2n) is 9.75. The van der Waals surface area contributed by atoms with Crippen LogP contribution in [0, 0.1) is 0 Å². The van der Waals surface area contributed by atoms with Crippen molar-refractivity contribution in [3.8, 4) is 11.1 Å². The normalized spacial score (nSPS) is 16.3. The van der Waals surface area contributed by atoms with Crippen molar-refractivity contribution in [1.82, 2.24) is 0 Å². The fourth-order valence-electron chi connectivity index (χ4n) is 6.02. The number of fused-ring (bicyclic) bond motifs is 3. The topological polar surface area (TPSA) is 0 Å². The predicted molar refractivity (Wildman–Crippen MR) is 151 cm³/mol. The van der Waals surface area contributed by atoms with Crippen molar-refractivity contribution in [2.24, 2.45) is 0 Å². The molecular formula is C36H26Zr. The van der Waals surface area contributed by atoms with E-state index in [0.29, 0.717) is 9.54 Å². The summed E-state index contributed by atoms with van der Waals surface area (Å²) in [7, 11) is 0. The van der Waals surface area contributed by atoms with Crippen LogP contribution in [0.5, 0.6) is 0 Å². The van der Waals surface area contributed by atoms with Gasteiger partial charge >= 0.3 is 232 Å². The Morgan fingerprint density at radius 2 is 0.946 bits per heavy atom. The minimum absolute atomic E-state index is 0.297. The average Bonchev–Trinajstić information content (AvgIpc) is 3.51. The van der Waals surface area contributed by atoms with E-state index >= 15 is 0 Å². The van der Waals surface area contributed by atoms with Gasteiger partial charge in [-0.1, -0.05) is 0 Å². The molecule has 0 saturated heterocycles. The first kappa shape index (κ1) is 22.6. The van der Waals surface area contributed by atoms with Crippen molar-refractivity contribution < 1.29 is 23.2 Å². The van der Waals surface area contributed by atoms with Gasteiger partial charge in [0.25, 0.3) is 0 Å². The molecule has 1 heteroatoms. The van der Waals surface area contributed by atoms with E-state index in [-0.39, 0.29) is 0 Å². The van der Waals surface area contributed by atoms with Crippen LogP contribution in [0.2, 0.25) is 0 Å². The molecule has 0 fully saturated rings. The monoisotopic (exact) mass is 548 g/mol. The Morgan fingerprint density at radius 3 is 1.54 bits per heavy atom. The summed E-state index contributed by atoms with van der Waals surface area (Å²) in [6.07, 6.45) is 2.57. The van der Waals surface area contributed by atoms with E-state index in [9.17, 15) is 0 Å². The molecule has 0 aliphatic heterocycles. The summed E-state index contributed by atoms with van der Waals surface area (Å²) in [5, 5.41) is 0. The van der Waals surface area contributed by atoms with Crippen LogP contribution in [0.4, 0.5) is 0 Å². The van der Waals surface area contributed by atoms with Crippen LogP contribution in [0.3, 0.4) is 0 Å². The third-order valence-electron chi connectivity index (χ3n) is 7.64. The van der Waals surface area contributed by atoms with Crippen molar-refractivity contribution in [2.45, 2.75) is 9.54 Å². The van der Waals surface area contributed by atoms with Crippen LogP contribution in [-0.2, 0) is 23.2 Å². The Hall–Kier alpha value is -3.54. The Morgan fingerprint density at radius 1 is 0.459 bits per heavy atom. The van der Waals surface area contributed by atoms with Gasteiger partial charge in [-0.25, -0.2) is 0 Å². The van der Waals surface area contributed by atoms with Gasteiger partial charge in [-0.3, -0.25) is 0 Å². The first-order valence-corrected chi connectivity index (χ1v) is 15.6. The van der Waals surface area contributed by atoms with Gasteiger partial charge < -0.3 is 0 Å². The molecular weight excluding hydrogens is 524 g/mol. The van der Waals surface area contributed by atoms with E-state index in [4.69, 9.17) is 0 Å². The summed E-state index contributed by atoms with van der Waals surface area (Å²) in [4.78, 5) is 0. The minimum atomic E-state index is -1.08. The van der Waals surface area contributed by atoms with Crippen LogP contribution < -0.4 is 0 Å². The molecule has 5 aromatic rings. The zero-order valence-corrected chi connectivity index (χ0v) is 23.0. The molecule has 1 unspecified atom stereocenters. The van der Waals surface area contributed by atoms with Gasteiger partial charge in [-0.2, -0.15) is 0 Å². The second-order valence-corrected chi connectivity index (χ2v) is 13.3. The molecule has 2 aliphatic rings. The SMILES string of the molecule is C1=[C]([Zr][CH]2c3ccccc3-c3ccccc32)C(c2ccccc2)C(c2ccccc2)=C1c1ccccc1. The van der Waals surface area contributed by atoms with E-state index in [1.807, 2.05) is 0 Å². The Bertz CT molecular complexity index is 1580. The van der Waals surface area contributed by atoms with Crippen molar-refractivity contribution in [2.75, 3.05) is 0 Å². The standard InChI is InChI=1S/C23H17.C13H9.Zr/c1-4-10-18(11-5-1)21-16-17-22(19-12-6-2-7-13-19)23(21)20-14-8-3-9-15-20;1-3-7-12-10(5-1)9-11-6-2-4-8-13(11)12;/h1-16,22H;1-9H;. The number of allylic oxidation sites excluding steroid dienone is 4. The summed E-state index contributed by atoms with van der Waals surface area (Å²) in [6, 6.07) is 51.4. The van der Waals surface area contributed by atoms with E-state index in [2.05, 4.69) is 146 Å². The van der Waals surface area contributed by atoms with Crippen LogP contribution in [0.25, 0.3) is 22.3 Å². The van der Waals surface area contributed by atoms with E-state index in [1.165, 1.54) is 50.1 Å². The maximum atomic E-state index is 2.57. The predicted octanol–water partition coefficient (Wildman–Crippen LogP) is 9.13. The molecule has 7 rings (SSSR count). The molecule has 0 heterocycles. The van der Waals surface area contributed by atoms with Crippen molar-refractivity contribution in [3.63, 3.8) is 0 Å². The van der Waals surface area contributed by atoms with Gasteiger partial charge in [0.1, 0.15) is 0 Å². The van der Waals surface area contributed by atoms with Crippen LogP contribution in [0.15, 0.2) is 149 Å². The number of rotatable bonds is 5. The zero-order chi connectivity index (χ0) is 24.6. The fraction of sp³-hybridized carbons (Fsp3) is 0.0556. The Labute approximate surface area is 230 Å². The molecule has 0 N–H and O–H groups in total. The summed E-state index contributed by atoms with van der Waals surface area (Å²) >= 11 is -1.08. The molecule has 0 saturated carbocycles. The molecule has 1 atom stereocenters. The molecule has 0 amide bonds. The molecule has 5 aromatic carbocycles. The zero-order valence-electron chi connectivity index (χ0n) is 20.5. The third-order valence-corrected chi connectivity index (χ3v) is 11.8. The van der Waals surface area contributed by atoms with Gasteiger partial charge in [0, 0.05) is 0 Å². The molecule has 0 bridgehead atoms. The molecule has 2 aliphatic carbocycles. The van der Waals surface area contributed by atoms with E-state index < -0.39 is 23.2 Å². The number of hydrogen-bond donors (Lipinski definition) is 0. The maximum absolute atomic E-state index is 2.57. The van der Waals surface area contributed by atoms with Gasteiger partial charge in [0.15, 0.2) is 0 Å². The van der Waals surface area contributed by atoms with Gasteiger partial charge in [-0.05, 0) is 0 Å². The summed E-state index contributed by atoms with van der Waals surface area (Å²) in [5.41, 5.74) is 12.8. The van der Waals surface area contributed by atoms with Gasteiger partial charge in [0.2, 0.25) is 0 Å². The first-order chi connectivity index (χ1) is 18.4. The van der Waals surface area contributed by atoms with Crippen molar-refractivity contribution >= 4 is 11.1 Å². The molecule has 174 valence electrons. The van der Waals surface area contributed by atoms with E-state index in [0.717, 1.165) is 0 Å². The third kappa shape index (κ3) is 4.03. The Balaban J connectivity index is 1.41. The molecule has 0 nitrogen and oxygen atoms in total. The first-order valence-electron chi connectivity index (χ1n) is 12.9. The van der Waals surface area contributed by atoms with Gasteiger partial charge in [0.05, 0.1) is 0 Å². The summed E-state index contributed by atoms with van der Waals surface area (Å²) in [5.74, 6) is 0.297. The van der Waals surface area contributed by atoms with Crippen molar-refractivity contribution in [1.29, 1.82) is 0 Å². The Kier molecular flexibility index (Phi) is 5.96. The van der Waals surface area contributed by atoms with E-state index in [1.54, 1.807) is 3.28 Å².